The maximum Gasteiger partial charge on any atom is 0.245 e. The van der Waals surface area contributed by atoms with E-state index in [9.17, 15) is 9.59 Å². The Morgan fingerprint density at radius 2 is 1.64 bits per heavy atom. The summed E-state index contributed by atoms with van der Waals surface area (Å²) < 4.78 is 5.75. The monoisotopic (exact) mass is 393 g/mol. The maximum atomic E-state index is 12.6. The van der Waals surface area contributed by atoms with E-state index in [-0.39, 0.29) is 5.78 Å². The number of carbonyl (C=O) groups excluding carboxylic acids is 2. The van der Waals surface area contributed by atoms with E-state index < -0.39 is 11.2 Å². The van der Waals surface area contributed by atoms with E-state index in [1.54, 1.807) is 25.1 Å². The van der Waals surface area contributed by atoms with Gasteiger partial charge in [0, 0.05) is 17.4 Å². The summed E-state index contributed by atoms with van der Waals surface area (Å²) in [4.78, 5) is 33.3. The van der Waals surface area contributed by atoms with Crippen LogP contribution < -0.4 is 10.1 Å². The van der Waals surface area contributed by atoms with Crippen LogP contribution in [0.3, 0.4) is 0 Å². The van der Waals surface area contributed by atoms with Crippen LogP contribution in [0.25, 0.3) is 0 Å². The lowest BCUT2D eigenvalue weighted by molar-refractivity contribution is -0.123. The Labute approximate surface area is 167 Å². The third-order valence-electron chi connectivity index (χ3n) is 3.65. The number of nitrogens with one attached hydrogen (secondary N) is 1. The minimum Gasteiger partial charge on any atom is -0.439 e. The van der Waals surface area contributed by atoms with Crippen LogP contribution in [0.2, 0.25) is 0 Å². The van der Waals surface area contributed by atoms with Gasteiger partial charge in [-0.05, 0) is 38.1 Å². The fourth-order valence-corrected chi connectivity index (χ4v) is 3.27. The van der Waals surface area contributed by atoms with Gasteiger partial charge in [0.1, 0.15) is 11.0 Å². The molecule has 1 amide bonds. The lowest BCUT2D eigenvalue weighted by Gasteiger charge is -2.14. The lowest BCUT2D eigenvalue weighted by Crippen LogP contribution is -2.31. The molecule has 0 aliphatic rings. The van der Waals surface area contributed by atoms with E-state index in [1.807, 2.05) is 48.5 Å². The summed E-state index contributed by atoms with van der Waals surface area (Å²) in [6, 6.07) is 19.9. The van der Waals surface area contributed by atoms with Gasteiger partial charge in [0.25, 0.3) is 0 Å². The van der Waals surface area contributed by atoms with E-state index in [0.717, 1.165) is 11.8 Å². The molecule has 3 rings (SSSR count). The summed E-state index contributed by atoms with van der Waals surface area (Å²) in [7, 11) is 0. The first-order chi connectivity index (χ1) is 13.5. The van der Waals surface area contributed by atoms with Gasteiger partial charge in [-0.15, -0.1) is 0 Å². The van der Waals surface area contributed by atoms with Crippen LogP contribution in [0.1, 0.15) is 12.6 Å². The number of aryl methyl sites for hydroxylation is 1. The molecule has 2 aromatic carbocycles. The van der Waals surface area contributed by atoms with Crippen LogP contribution in [-0.2, 0) is 9.59 Å². The first kappa shape index (κ1) is 19.6. The van der Waals surface area contributed by atoms with Gasteiger partial charge >= 0.3 is 0 Å². The second-order valence-corrected chi connectivity index (χ2v) is 7.08. The molecule has 1 N–H and O–H groups in total. The molecule has 1 aromatic heterocycles. The molecule has 142 valence electrons. The highest BCUT2D eigenvalue weighted by Gasteiger charge is 2.26. The van der Waals surface area contributed by atoms with Gasteiger partial charge < -0.3 is 10.1 Å². The van der Waals surface area contributed by atoms with E-state index in [0.29, 0.717) is 28.2 Å². The Morgan fingerprint density at radius 3 is 2.29 bits per heavy atom. The van der Waals surface area contributed by atoms with E-state index in [1.165, 1.54) is 6.92 Å². The average molecular weight is 393 g/mol. The molecular weight excluding hydrogens is 374 g/mol. The van der Waals surface area contributed by atoms with Crippen molar-refractivity contribution in [2.45, 2.75) is 24.3 Å². The number of thioether (sulfide) groups is 1. The summed E-state index contributed by atoms with van der Waals surface area (Å²) in [6.45, 7) is 3.18. The van der Waals surface area contributed by atoms with Crippen molar-refractivity contribution in [3.63, 3.8) is 0 Å². The molecule has 0 fully saturated rings. The maximum absolute atomic E-state index is 12.6. The Balaban J connectivity index is 1.77. The molecule has 0 saturated heterocycles. The third-order valence-corrected chi connectivity index (χ3v) is 4.82. The highest BCUT2D eigenvalue weighted by Crippen LogP contribution is 2.26. The van der Waals surface area contributed by atoms with Gasteiger partial charge in [-0.2, -0.15) is 4.98 Å². The number of ketones is 1. The number of carbonyl (C=O) groups is 2. The normalized spacial score (nSPS) is 11.5. The zero-order chi connectivity index (χ0) is 19.9. The summed E-state index contributed by atoms with van der Waals surface area (Å²) in [6.07, 6.45) is 0. The van der Waals surface area contributed by atoms with Crippen molar-refractivity contribution in [1.82, 2.24) is 9.97 Å². The Morgan fingerprint density at radius 1 is 1.00 bits per heavy atom. The Hall–Kier alpha value is -3.19. The zero-order valence-corrected chi connectivity index (χ0v) is 16.3. The molecule has 1 unspecified atom stereocenters. The number of ether oxygens (including phenoxy) is 1. The van der Waals surface area contributed by atoms with Crippen LogP contribution in [0.5, 0.6) is 11.6 Å². The van der Waals surface area contributed by atoms with Gasteiger partial charge in [0.05, 0.1) is 0 Å². The smallest absolute Gasteiger partial charge is 0.245 e. The Kier molecular flexibility index (Phi) is 6.39. The molecular formula is C21H19N3O3S. The van der Waals surface area contributed by atoms with Crippen LogP contribution in [0, 0.1) is 6.92 Å². The minimum atomic E-state index is -0.966. The molecule has 0 spiro atoms. The van der Waals surface area contributed by atoms with Gasteiger partial charge in [-0.25, -0.2) is 4.98 Å². The molecule has 28 heavy (non-hydrogen) atoms. The van der Waals surface area contributed by atoms with Crippen LogP contribution in [0.15, 0.2) is 71.9 Å². The van der Waals surface area contributed by atoms with Crippen molar-refractivity contribution < 1.29 is 14.3 Å². The second-order valence-electron chi connectivity index (χ2n) is 6.01. The number of benzene rings is 2. The standard InChI is InChI=1S/C21H19N3O3S/c1-14-13-18(27-17-11-7-4-8-12-17)24-21(22-14)28-19(15(2)25)20(26)23-16-9-5-3-6-10-16/h3-13,19H,1-2H3,(H,23,26). The number of Topliss-reactive ketones (excluding diaryl/α,β-unsaturated/α-hetero) is 1. The number of amides is 1. The third kappa shape index (κ3) is 5.40. The molecule has 0 bridgehead atoms. The lowest BCUT2D eigenvalue weighted by atomic mass is 10.2. The van der Waals surface area contributed by atoms with Gasteiger partial charge in [0.15, 0.2) is 10.9 Å². The predicted molar refractivity (Wildman–Crippen MR) is 109 cm³/mol. The molecule has 1 heterocycles. The van der Waals surface area contributed by atoms with Crippen molar-refractivity contribution in [2.75, 3.05) is 5.32 Å². The molecule has 7 heteroatoms. The van der Waals surface area contributed by atoms with Gasteiger partial charge in [-0.3, -0.25) is 9.59 Å². The number of anilines is 1. The van der Waals surface area contributed by atoms with E-state index >= 15 is 0 Å². The summed E-state index contributed by atoms with van der Waals surface area (Å²) in [5.41, 5.74) is 1.30. The van der Waals surface area contributed by atoms with E-state index in [4.69, 9.17) is 4.74 Å². The summed E-state index contributed by atoms with van der Waals surface area (Å²) >= 11 is 0.999. The van der Waals surface area contributed by atoms with Crippen LogP contribution in [0.4, 0.5) is 5.69 Å². The predicted octanol–water partition coefficient (Wildman–Crippen LogP) is 4.27. The highest BCUT2D eigenvalue weighted by molar-refractivity contribution is 8.01. The van der Waals surface area contributed by atoms with Crippen molar-refractivity contribution in [3.05, 3.63) is 72.4 Å². The highest BCUT2D eigenvalue weighted by atomic mass is 32.2. The molecule has 0 aliphatic carbocycles. The number of aromatic nitrogens is 2. The van der Waals surface area contributed by atoms with Gasteiger partial charge in [-0.1, -0.05) is 48.2 Å². The molecule has 0 aliphatic heterocycles. The first-order valence-electron chi connectivity index (χ1n) is 8.63. The average Bonchev–Trinajstić information content (AvgIpc) is 2.67. The number of para-hydroxylation sites is 2. The zero-order valence-electron chi connectivity index (χ0n) is 15.5. The Bertz CT molecular complexity index is 965. The molecule has 1 atom stereocenters. The summed E-state index contributed by atoms with van der Waals surface area (Å²) in [5, 5.41) is 2.08. The van der Waals surface area contributed by atoms with Crippen molar-refractivity contribution in [2.24, 2.45) is 0 Å². The number of rotatable bonds is 7. The van der Waals surface area contributed by atoms with Crippen LogP contribution >= 0.6 is 11.8 Å². The largest absolute Gasteiger partial charge is 0.439 e. The summed E-state index contributed by atoms with van der Waals surface area (Å²) in [5.74, 6) is 0.293. The fraction of sp³-hybridized carbons (Fsp3) is 0.143. The fourth-order valence-electron chi connectivity index (χ4n) is 2.38. The first-order valence-corrected chi connectivity index (χ1v) is 9.51. The number of nitrogens with zero attached hydrogens (tertiary/aromatic N) is 2. The number of hydrogen-bond acceptors (Lipinski definition) is 6. The van der Waals surface area contributed by atoms with Crippen molar-refractivity contribution in [1.29, 1.82) is 0 Å². The quantitative estimate of drug-likeness (QED) is 0.367. The number of hydrogen-bond donors (Lipinski definition) is 1. The second kappa shape index (κ2) is 9.14. The molecule has 6 nitrogen and oxygen atoms in total. The molecule has 3 aromatic rings. The topological polar surface area (TPSA) is 81.2 Å². The van der Waals surface area contributed by atoms with E-state index in [2.05, 4.69) is 15.3 Å². The van der Waals surface area contributed by atoms with Crippen molar-refractivity contribution >= 4 is 29.1 Å². The van der Waals surface area contributed by atoms with Gasteiger partial charge in [0.2, 0.25) is 11.8 Å². The molecule has 0 radical (unpaired) electrons. The molecule has 0 saturated carbocycles. The SMILES string of the molecule is CC(=O)C(Sc1nc(C)cc(Oc2ccccc2)n1)C(=O)Nc1ccccc1. The van der Waals surface area contributed by atoms with Crippen LogP contribution in [-0.4, -0.2) is 26.9 Å². The minimum absolute atomic E-state index is 0.283. The van der Waals surface area contributed by atoms with Crippen molar-refractivity contribution in [3.8, 4) is 11.6 Å².